The SMILES string of the molecule is COc1ccc2c(CCN=C(NC(=O)c3ccc(C)cc3)Nc3nc(C)cc(C)n3)c[nH]c2c1. The number of amides is 1. The summed E-state index contributed by atoms with van der Waals surface area (Å²) >= 11 is 0. The predicted octanol–water partition coefficient (Wildman–Crippen LogP) is 4.33. The number of methoxy groups -OCH3 is 1. The zero-order valence-corrected chi connectivity index (χ0v) is 19.8. The van der Waals surface area contributed by atoms with Gasteiger partial charge in [-0.2, -0.15) is 0 Å². The van der Waals surface area contributed by atoms with E-state index in [0.717, 1.165) is 39.2 Å². The van der Waals surface area contributed by atoms with E-state index in [0.29, 0.717) is 30.4 Å². The van der Waals surface area contributed by atoms with Gasteiger partial charge in [0.05, 0.1) is 7.11 Å². The van der Waals surface area contributed by atoms with Crippen molar-refractivity contribution in [3.63, 3.8) is 0 Å². The fourth-order valence-electron chi connectivity index (χ4n) is 3.67. The molecule has 2 heterocycles. The van der Waals surface area contributed by atoms with Gasteiger partial charge in [0, 0.05) is 46.7 Å². The van der Waals surface area contributed by atoms with Gasteiger partial charge in [-0.25, -0.2) is 9.97 Å². The first-order valence-electron chi connectivity index (χ1n) is 11.1. The third kappa shape index (κ3) is 5.58. The molecule has 0 saturated heterocycles. The van der Waals surface area contributed by atoms with Crippen LogP contribution in [0.5, 0.6) is 5.75 Å². The van der Waals surface area contributed by atoms with Gasteiger partial charge in [0.1, 0.15) is 5.75 Å². The maximum absolute atomic E-state index is 12.8. The fourth-order valence-corrected chi connectivity index (χ4v) is 3.67. The topological polar surface area (TPSA) is 104 Å². The molecule has 0 aliphatic rings. The van der Waals surface area contributed by atoms with Crippen LogP contribution in [0.25, 0.3) is 10.9 Å². The van der Waals surface area contributed by atoms with Crippen molar-refractivity contribution in [2.75, 3.05) is 19.0 Å². The highest BCUT2D eigenvalue weighted by Crippen LogP contribution is 2.23. The minimum atomic E-state index is -0.255. The summed E-state index contributed by atoms with van der Waals surface area (Å²) in [5.41, 5.74) is 5.43. The van der Waals surface area contributed by atoms with Crippen LogP contribution in [0.3, 0.4) is 0 Å². The maximum Gasteiger partial charge on any atom is 0.257 e. The number of hydrogen-bond acceptors (Lipinski definition) is 5. The highest BCUT2D eigenvalue weighted by molar-refractivity contribution is 6.09. The number of carbonyl (C=O) groups excluding carboxylic acids is 1. The first-order valence-corrected chi connectivity index (χ1v) is 11.1. The van der Waals surface area contributed by atoms with E-state index in [9.17, 15) is 4.79 Å². The van der Waals surface area contributed by atoms with E-state index < -0.39 is 0 Å². The summed E-state index contributed by atoms with van der Waals surface area (Å²) in [5, 5.41) is 7.06. The third-order valence-corrected chi connectivity index (χ3v) is 5.38. The molecule has 8 heteroatoms. The molecule has 0 aliphatic carbocycles. The van der Waals surface area contributed by atoms with E-state index in [1.54, 1.807) is 19.2 Å². The van der Waals surface area contributed by atoms with Gasteiger partial charge in [-0.05, 0) is 63.1 Å². The quantitative estimate of drug-likeness (QED) is 0.296. The van der Waals surface area contributed by atoms with Crippen molar-refractivity contribution in [3.05, 3.63) is 82.8 Å². The summed E-state index contributed by atoms with van der Waals surface area (Å²) in [6.07, 6.45) is 2.66. The lowest BCUT2D eigenvalue weighted by Crippen LogP contribution is -2.37. The number of hydrogen-bond donors (Lipinski definition) is 3. The second kappa shape index (κ2) is 10.2. The van der Waals surface area contributed by atoms with Crippen LogP contribution >= 0.6 is 0 Å². The Bertz CT molecular complexity index is 1320. The third-order valence-electron chi connectivity index (χ3n) is 5.38. The Hall–Kier alpha value is -4.20. The van der Waals surface area contributed by atoms with Gasteiger partial charge in [-0.15, -0.1) is 0 Å². The first kappa shape index (κ1) is 23.0. The molecule has 8 nitrogen and oxygen atoms in total. The van der Waals surface area contributed by atoms with E-state index in [1.807, 2.05) is 63.4 Å². The Morgan fingerprint density at radius 1 is 1.03 bits per heavy atom. The van der Waals surface area contributed by atoms with Crippen molar-refractivity contribution in [2.24, 2.45) is 4.99 Å². The lowest BCUT2D eigenvalue weighted by molar-refractivity contribution is 0.0977. The van der Waals surface area contributed by atoms with Crippen LogP contribution in [0.4, 0.5) is 5.95 Å². The number of anilines is 1. The lowest BCUT2D eigenvalue weighted by atomic mass is 10.1. The molecule has 0 bridgehead atoms. The predicted molar refractivity (Wildman–Crippen MR) is 135 cm³/mol. The van der Waals surface area contributed by atoms with Gasteiger partial charge in [0.25, 0.3) is 5.91 Å². The van der Waals surface area contributed by atoms with Crippen LogP contribution in [0.1, 0.15) is 32.9 Å². The number of nitrogens with zero attached hydrogens (tertiary/aromatic N) is 3. The van der Waals surface area contributed by atoms with E-state index in [-0.39, 0.29) is 5.91 Å². The second-order valence-corrected chi connectivity index (χ2v) is 8.13. The molecule has 0 unspecified atom stereocenters. The summed E-state index contributed by atoms with van der Waals surface area (Å²) in [4.78, 5) is 29.6. The molecular formula is C26H28N6O2. The Morgan fingerprint density at radius 2 is 1.76 bits per heavy atom. The van der Waals surface area contributed by atoms with E-state index in [2.05, 4.69) is 30.6 Å². The largest absolute Gasteiger partial charge is 0.497 e. The van der Waals surface area contributed by atoms with Gasteiger partial charge < -0.3 is 9.72 Å². The van der Waals surface area contributed by atoms with Crippen LogP contribution in [-0.2, 0) is 6.42 Å². The summed E-state index contributed by atoms with van der Waals surface area (Å²) in [5.74, 6) is 1.24. The number of fused-ring (bicyclic) bond motifs is 1. The summed E-state index contributed by atoms with van der Waals surface area (Å²) in [6.45, 7) is 6.23. The van der Waals surface area contributed by atoms with Crippen LogP contribution in [0, 0.1) is 20.8 Å². The molecule has 1 amide bonds. The van der Waals surface area contributed by atoms with Crippen LogP contribution < -0.4 is 15.4 Å². The molecule has 4 rings (SSSR count). The second-order valence-electron chi connectivity index (χ2n) is 8.13. The number of aryl methyl sites for hydroxylation is 3. The zero-order chi connectivity index (χ0) is 24.1. The Balaban J connectivity index is 1.53. The Kier molecular flexibility index (Phi) is 6.87. The van der Waals surface area contributed by atoms with Crippen LogP contribution in [0.2, 0.25) is 0 Å². The van der Waals surface area contributed by atoms with Gasteiger partial charge in [-0.3, -0.25) is 20.4 Å². The number of rotatable bonds is 6. The summed E-state index contributed by atoms with van der Waals surface area (Å²) < 4.78 is 5.30. The molecule has 0 aliphatic heterocycles. The molecule has 34 heavy (non-hydrogen) atoms. The molecule has 0 fully saturated rings. The molecule has 4 aromatic rings. The number of aromatic nitrogens is 3. The highest BCUT2D eigenvalue weighted by atomic mass is 16.5. The molecule has 2 aromatic carbocycles. The monoisotopic (exact) mass is 456 g/mol. The number of ether oxygens (including phenoxy) is 1. The van der Waals surface area contributed by atoms with Crippen molar-refractivity contribution in [2.45, 2.75) is 27.2 Å². The number of carbonyl (C=O) groups is 1. The van der Waals surface area contributed by atoms with Crippen LogP contribution in [0.15, 0.2) is 59.7 Å². The number of nitrogens with one attached hydrogen (secondary N) is 3. The molecule has 0 radical (unpaired) electrons. The first-order chi connectivity index (χ1) is 16.4. The van der Waals surface area contributed by atoms with Gasteiger partial charge in [0.2, 0.25) is 11.9 Å². The normalized spacial score (nSPS) is 11.5. The fraction of sp³-hybridized carbons (Fsp3) is 0.231. The van der Waals surface area contributed by atoms with Crippen molar-refractivity contribution in [1.29, 1.82) is 0 Å². The van der Waals surface area contributed by atoms with E-state index >= 15 is 0 Å². The minimum absolute atomic E-state index is 0.255. The molecular weight excluding hydrogens is 428 g/mol. The average molecular weight is 457 g/mol. The van der Waals surface area contributed by atoms with E-state index in [4.69, 9.17) is 4.74 Å². The summed E-state index contributed by atoms with van der Waals surface area (Å²) in [6, 6.07) is 15.2. The van der Waals surface area contributed by atoms with E-state index in [1.165, 1.54) is 0 Å². The number of aliphatic imine (C=N–C) groups is 1. The number of aromatic amines is 1. The van der Waals surface area contributed by atoms with Gasteiger partial charge >= 0.3 is 0 Å². The number of benzene rings is 2. The maximum atomic E-state index is 12.8. The van der Waals surface area contributed by atoms with Gasteiger partial charge in [0.15, 0.2) is 0 Å². The molecule has 0 spiro atoms. The molecule has 174 valence electrons. The average Bonchev–Trinajstić information content (AvgIpc) is 3.20. The summed E-state index contributed by atoms with van der Waals surface area (Å²) in [7, 11) is 1.65. The Morgan fingerprint density at radius 3 is 2.47 bits per heavy atom. The molecule has 2 aromatic heterocycles. The smallest absolute Gasteiger partial charge is 0.257 e. The highest BCUT2D eigenvalue weighted by Gasteiger charge is 2.12. The Labute approximate surface area is 198 Å². The van der Waals surface area contributed by atoms with Crippen molar-refractivity contribution in [3.8, 4) is 5.75 Å². The molecule has 0 atom stereocenters. The number of H-pyrrole nitrogens is 1. The molecule has 0 saturated carbocycles. The van der Waals surface area contributed by atoms with Crippen molar-refractivity contribution in [1.82, 2.24) is 20.3 Å². The number of guanidine groups is 1. The van der Waals surface area contributed by atoms with Crippen molar-refractivity contribution < 1.29 is 9.53 Å². The zero-order valence-electron chi connectivity index (χ0n) is 19.8. The lowest BCUT2D eigenvalue weighted by Gasteiger charge is -2.12. The standard InChI is InChI=1S/C26H28N6O2/c1-16-5-7-19(8-6-16)24(33)31-25(32-26-29-17(2)13-18(3)30-26)27-12-11-20-15-28-23-14-21(34-4)9-10-22(20)23/h5-10,13-15,28H,11-12H2,1-4H3,(H2,27,29,30,31,32,33). The minimum Gasteiger partial charge on any atom is -0.497 e. The van der Waals surface area contributed by atoms with Gasteiger partial charge in [-0.1, -0.05) is 17.7 Å². The van der Waals surface area contributed by atoms with Crippen molar-refractivity contribution >= 4 is 28.7 Å². The van der Waals surface area contributed by atoms with Crippen LogP contribution in [-0.4, -0.2) is 40.5 Å². The molecule has 3 N–H and O–H groups in total.